The number of ether oxygens (including phenoxy) is 1. The van der Waals surface area contributed by atoms with Gasteiger partial charge in [0.1, 0.15) is 11.4 Å². The second kappa shape index (κ2) is 5.76. The topological polar surface area (TPSA) is 43.4 Å². The Bertz CT molecular complexity index is 447. The Morgan fingerprint density at radius 3 is 2.39 bits per heavy atom. The van der Waals surface area contributed by atoms with Crippen LogP contribution < -0.4 is 0 Å². The van der Waals surface area contributed by atoms with Crippen molar-refractivity contribution in [3.8, 4) is 0 Å². The lowest BCUT2D eigenvalue weighted by Gasteiger charge is -2.18. The first-order valence-corrected chi connectivity index (χ1v) is 5.79. The summed E-state index contributed by atoms with van der Waals surface area (Å²) in [5.41, 5.74) is -0.264. The summed E-state index contributed by atoms with van der Waals surface area (Å²) in [4.78, 5) is 22.9. The third-order valence-electron chi connectivity index (χ3n) is 2.21. The summed E-state index contributed by atoms with van der Waals surface area (Å²) in [7, 11) is 0. The molecule has 0 heterocycles. The van der Waals surface area contributed by atoms with Crippen molar-refractivity contribution in [3.63, 3.8) is 0 Å². The smallest absolute Gasteiger partial charge is 0.375 e. The molecule has 0 spiro atoms. The van der Waals surface area contributed by atoms with E-state index >= 15 is 0 Å². The standard InChI is InChI=1S/C14H17FO3/c1-14(2,3)18-13(17)12(16)9-8-10-6-4-5-7-11(10)15/h4-7H,8-9H2,1-3H3. The summed E-state index contributed by atoms with van der Waals surface area (Å²) in [6, 6.07) is 6.19. The van der Waals surface area contributed by atoms with Gasteiger partial charge in [0.05, 0.1) is 0 Å². The number of carbonyl (C=O) groups is 2. The highest BCUT2D eigenvalue weighted by Gasteiger charge is 2.22. The number of rotatable bonds is 4. The molecule has 0 aliphatic heterocycles. The maximum atomic E-state index is 13.3. The zero-order valence-electron chi connectivity index (χ0n) is 10.8. The minimum Gasteiger partial charge on any atom is -0.454 e. The molecule has 4 heteroatoms. The average molecular weight is 252 g/mol. The summed E-state index contributed by atoms with van der Waals surface area (Å²) in [5, 5.41) is 0. The molecule has 0 saturated heterocycles. The van der Waals surface area contributed by atoms with Gasteiger partial charge in [-0.1, -0.05) is 18.2 Å². The molecular formula is C14H17FO3. The normalized spacial score (nSPS) is 11.1. The molecule has 18 heavy (non-hydrogen) atoms. The summed E-state index contributed by atoms with van der Waals surface area (Å²) in [6.45, 7) is 5.07. The number of aryl methyl sites for hydroxylation is 1. The minimum atomic E-state index is -0.862. The lowest BCUT2D eigenvalue weighted by Crippen LogP contribution is -2.29. The summed E-state index contributed by atoms with van der Waals surface area (Å²) in [6.07, 6.45) is 0.153. The van der Waals surface area contributed by atoms with Gasteiger partial charge in [-0.2, -0.15) is 0 Å². The van der Waals surface area contributed by atoms with Gasteiger partial charge in [0.15, 0.2) is 0 Å². The van der Waals surface area contributed by atoms with Crippen LogP contribution in [-0.4, -0.2) is 17.4 Å². The number of carbonyl (C=O) groups excluding carboxylic acids is 2. The van der Waals surface area contributed by atoms with Crippen molar-refractivity contribution < 1.29 is 18.7 Å². The number of hydrogen-bond donors (Lipinski definition) is 0. The monoisotopic (exact) mass is 252 g/mol. The Morgan fingerprint density at radius 2 is 1.83 bits per heavy atom. The third kappa shape index (κ3) is 4.65. The van der Waals surface area contributed by atoms with E-state index in [0.717, 1.165) is 0 Å². The van der Waals surface area contributed by atoms with Gasteiger partial charge in [0.2, 0.25) is 5.78 Å². The predicted octanol–water partition coefficient (Wildman–Crippen LogP) is 2.67. The molecule has 3 nitrogen and oxygen atoms in total. The van der Waals surface area contributed by atoms with E-state index < -0.39 is 17.4 Å². The molecule has 0 fully saturated rings. The van der Waals surface area contributed by atoms with Crippen LogP contribution >= 0.6 is 0 Å². The lowest BCUT2D eigenvalue weighted by atomic mass is 10.1. The lowest BCUT2D eigenvalue weighted by molar-refractivity contribution is -0.162. The fourth-order valence-electron chi connectivity index (χ4n) is 1.39. The fourth-order valence-corrected chi connectivity index (χ4v) is 1.39. The molecule has 0 aromatic heterocycles. The van der Waals surface area contributed by atoms with Gasteiger partial charge in [-0.3, -0.25) is 4.79 Å². The van der Waals surface area contributed by atoms with Gasteiger partial charge in [-0.05, 0) is 38.8 Å². The van der Waals surface area contributed by atoms with Crippen molar-refractivity contribution in [3.05, 3.63) is 35.6 Å². The minimum absolute atomic E-state index is 0.0458. The van der Waals surface area contributed by atoms with E-state index in [2.05, 4.69) is 0 Å². The van der Waals surface area contributed by atoms with Crippen molar-refractivity contribution in [1.82, 2.24) is 0 Å². The first-order chi connectivity index (χ1) is 8.29. The SMILES string of the molecule is CC(C)(C)OC(=O)C(=O)CCc1ccccc1F. The number of ketones is 1. The Labute approximate surface area is 106 Å². The largest absolute Gasteiger partial charge is 0.454 e. The molecule has 0 unspecified atom stereocenters. The van der Waals surface area contributed by atoms with E-state index in [0.29, 0.717) is 5.56 Å². The second-order valence-corrected chi connectivity index (χ2v) is 5.02. The molecule has 0 N–H and O–H groups in total. The quantitative estimate of drug-likeness (QED) is 0.611. The van der Waals surface area contributed by atoms with Gasteiger partial charge in [0, 0.05) is 6.42 Å². The van der Waals surface area contributed by atoms with Crippen LogP contribution in [0.3, 0.4) is 0 Å². The highest BCUT2D eigenvalue weighted by molar-refractivity contribution is 6.33. The number of Topliss-reactive ketones (excluding diaryl/α,β-unsaturated/α-hetero) is 1. The van der Waals surface area contributed by atoms with Crippen LogP contribution in [0, 0.1) is 5.82 Å². The molecule has 0 bridgehead atoms. The molecule has 0 aliphatic carbocycles. The van der Waals surface area contributed by atoms with Crippen LogP contribution in [0.15, 0.2) is 24.3 Å². The van der Waals surface area contributed by atoms with E-state index in [-0.39, 0.29) is 18.7 Å². The zero-order chi connectivity index (χ0) is 13.8. The molecular weight excluding hydrogens is 235 g/mol. The highest BCUT2D eigenvalue weighted by Crippen LogP contribution is 2.11. The third-order valence-corrected chi connectivity index (χ3v) is 2.21. The summed E-state index contributed by atoms with van der Waals surface area (Å²) < 4.78 is 18.2. The zero-order valence-corrected chi connectivity index (χ0v) is 10.8. The van der Waals surface area contributed by atoms with Crippen LogP contribution in [0.5, 0.6) is 0 Å². The van der Waals surface area contributed by atoms with E-state index in [1.54, 1.807) is 39.0 Å². The van der Waals surface area contributed by atoms with Gasteiger partial charge in [-0.25, -0.2) is 9.18 Å². The van der Waals surface area contributed by atoms with Crippen LogP contribution in [0.2, 0.25) is 0 Å². The number of halogens is 1. The van der Waals surface area contributed by atoms with Crippen LogP contribution in [0.4, 0.5) is 4.39 Å². The van der Waals surface area contributed by atoms with E-state index in [1.165, 1.54) is 6.07 Å². The van der Waals surface area contributed by atoms with Crippen molar-refractivity contribution in [2.45, 2.75) is 39.2 Å². The number of hydrogen-bond acceptors (Lipinski definition) is 3. The predicted molar refractivity (Wildman–Crippen MR) is 65.6 cm³/mol. The molecule has 0 aliphatic rings. The number of benzene rings is 1. The first-order valence-electron chi connectivity index (χ1n) is 5.79. The molecule has 98 valence electrons. The van der Waals surface area contributed by atoms with Gasteiger partial charge in [-0.15, -0.1) is 0 Å². The van der Waals surface area contributed by atoms with Gasteiger partial charge >= 0.3 is 5.97 Å². The number of esters is 1. The summed E-state index contributed by atoms with van der Waals surface area (Å²) >= 11 is 0. The molecule has 0 amide bonds. The Balaban J connectivity index is 2.52. The maximum absolute atomic E-state index is 13.3. The van der Waals surface area contributed by atoms with Gasteiger partial charge in [0.25, 0.3) is 0 Å². The van der Waals surface area contributed by atoms with Crippen molar-refractivity contribution in [2.24, 2.45) is 0 Å². The van der Waals surface area contributed by atoms with E-state index in [4.69, 9.17) is 4.74 Å². The maximum Gasteiger partial charge on any atom is 0.375 e. The second-order valence-electron chi connectivity index (χ2n) is 5.02. The van der Waals surface area contributed by atoms with Crippen LogP contribution in [0.25, 0.3) is 0 Å². The highest BCUT2D eigenvalue weighted by atomic mass is 19.1. The fraction of sp³-hybridized carbons (Fsp3) is 0.429. The molecule has 0 radical (unpaired) electrons. The Kier molecular flexibility index (Phi) is 4.59. The Morgan fingerprint density at radius 1 is 1.22 bits per heavy atom. The van der Waals surface area contributed by atoms with E-state index in [1.807, 2.05) is 0 Å². The van der Waals surface area contributed by atoms with Gasteiger partial charge < -0.3 is 4.74 Å². The van der Waals surface area contributed by atoms with Crippen molar-refractivity contribution >= 4 is 11.8 Å². The molecule has 1 aromatic rings. The average Bonchev–Trinajstić information content (AvgIpc) is 2.25. The molecule has 1 rings (SSSR count). The van der Waals surface area contributed by atoms with Crippen molar-refractivity contribution in [1.29, 1.82) is 0 Å². The molecule has 1 aromatic carbocycles. The Hall–Kier alpha value is -1.71. The van der Waals surface area contributed by atoms with Crippen molar-refractivity contribution in [2.75, 3.05) is 0 Å². The van der Waals surface area contributed by atoms with E-state index in [9.17, 15) is 14.0 Å². The van der Waals surface area contributed by atoms with Crippen LogP contribution in [-0.2, 0) is 20.7 Å². The van der Waals surface area contributed by atoms with Crippen LogP contribution in [0.1, 0.15) is 32.8 Å². The summed E-state index contributed by atoms with van der Waals surface area (Å²) in [5.74, 6) is -1.86. The molecule has 0 saturated carbocycles. The first kappa shape index (κ1) is 14.4. The molecule has 0 atom stereocenters.